The molecule has 1 rings (SSSR count). The Kier molecular flexibility index (Phi) is 6.82. The van der Waals surface area contributed by atoms with E-state index in [1.165, 1.54) is 0 Å². The summed E-state index contributed by atoms with van der Waals surface area (Å²) in [6.45, 7) is 5.82. The monoisotopic (exact) mass is 298 g/mol. The first-order chi connectivity index (χ1) is 9.43. The summed E-state index contributed by atoms with van der Waals surface area (Å²) >= 11 is 6.19. The Hall–Kier alpha value is -1.26. The van der Waals surface area contributed by atoms with Crippen LogP contribution in [0, 0.1) is 0 Å². The van der Waals surface area contributed by atoms with Crippen molar-refractivity contribution in [2.24, 2.45) is 5.73 Å². The zero-order chi connectivity index (χ0) is 15.1. The molecule has 0 aliphatic heterocycles. The third-order valence-corrected chi connectivity index (χ3v) is 3.23. The van der Waals surface area contributed by atoms with Gasteiger partial charge in [0.1, 0.15) is 5.75 Å². The van der Waals surface area contributed by atoms with Gasteiger partial charge in [-0.3, -0.25) is 4.79 Å². The van der Waals surface area contributed by atoms with Crippen molar-refractivity contribution in [2.75, 3.05) is 6.61 Å². The van der Waals surface area contributed by atoms with E-state index in [-0.39, 0.29) is 24.6 Å². The summed E-state index contributed by atoms with van der Waals surface area (Å²) in [7, 11) is 0. The van der Waals surface area contributed by atoms with Gasteiger partial charge in [-0.05, 0) is 38.8 Å². The molecule has 0 radical (unpaired) electrons. The van der Waals surface area contributed by atoms with Crippen molar-refractivity contribution >= 4 is 17.5 Å². The summed E-state index contributed by atoms with van der Waals surface area (Å²) in [4.78, 5) is 11.6. The minimum absolute atomic E-state index is 0.0209. The zero-order valence-electron chi connectivity index (χ0n) is 12.3. The second kappa shape index (κ2) is 8.12. The lowest BCUT2D eigenvalue weighted by Gasteiger charge is -2.16. The molecule has 1 atom stereocenters. The highest BCUT2D eigenvalue weighted by atomic mass is 35.5. The Bertz CT molecular complexity index is 449. The number of hydrogen-bond donors (Lipinski definition) is 2. The lowest BCUT2D eigenvalue weighted by Crippen LogP contribution is -2.34. The fourth-order valence-electron chi connectivity index (χ4n) is 1.79. The summed E-state index contributed by atoms with van der Waals surface area (Å²) in [6, 6.07) is 5.55. The van der Waals surface area contributed by atoms with Crippen molar-refractivity contribution in [1.82, 2.24) is 5.32 Å². The van der Waals surface area contributed by atoms with E-state index in [0.717, 1.165) is 12.0 Å². The maximum absolute atomic E-state index is 11.6. The van der Waals surface area contributed by atoms with Crippen molar-refractivity contribution in [3.8, 4) is 5.75 Å². The van der Waals surface area contributed by atoms with E-state index in [2.05, 4.69) is 5.32 Å². The van der Waals surface area contributed by atoms with Crippen LogP contribution in [-0.2, 0) is 11.2 Å². The van der Waals surface area contributed by atoms with Gasteiger partial charge in [-0.25, -0.2) is 0 Å². The van der Waals surface area contributed by atoms with Crippen LogP contribution in [0.25, 0.3) is 0 Å². The average molecular weight is 299 g/mol. The van der Waals surface area contributed by atoms with Gasteiger partial charge in [0, 0.05) is 22.7 Å². The Morgan fingerprint density at radius 1 is 1.45 bits per heavy atom. The maximum atomic E-state index is 11.6. The molecule has 0 fully saturated rings. The van der Waals surface area contributed by atoms with Gasteiger partial charge < -0.3 is 15.8 Å². The molecule has 1 aromatic carbocycles. The van der Waals surface area contributed by atoms with Gasteiger partial charge in [0.2, 0.25) is 0 Å². The SMILES string of the molecule is CCC(N)Cc1c(Cl)cccc1OCC(=O)NC(C)C. The standard InChI is InChI=1S/C15H23ClN2O2/c1-4-11(17)8-12-13(16)6-5-7-14(12)20-9-15(19)18-10(2)3/h5-7,10-11H,4,8-9,17H2,1-3H3,(H,18,19). The van der Waals surface area contributed by atoms with E-state index in [4.69, 9.17) is 22.1 Å². The lowest BCUT2D eigenvalue weighted by molar-refractivity contribution is -0.123. The van der Waals surface area contributed by atoms with Gasteiger partial charge in [0.25, 0.3) is 5.91 Å². The van der Waals surface area contributed by atoms with E-state index in [1.54, 1.807) is 12.1 Å². The van der Waals surface area contributed by atoms with Gasteiger partial charge in [-0.1, -0.05) is 24.6 Å². The van der Waals surface area contributed by atoms with Crippen LogP contribution in [0.5, 0.6) is 5.75 Å². The number of carbonyl (C=O) groups excluding carboxylic acids is 1. The van der Waals surface area contributed by atoms with Crippen molar-refractivity contribution in [3.05, 3.63) is 28.8 Å². The first-order valence-corrected chi connectivity index (χ1v) is 7.27. The fraction of sp³-hybridized carbons (Fsp3) is 0.533. The predicted molar refractivity (Wildman–Crippen MR) is 82.2 cm³/mol. The van der Waals surface area contributed by atoms with Crippen molar-refractivity contribution < 1.29 is 9.53 Å². The summed E-state index contributed by atoms with van der Waals surface area (Å²) in [5.74, 6) is 0.478. The second-order valence-electron chi connectivity index (χ2n) is 5.10. The van der Waals surface area contributed by atoms with E-state index in [9.17, 15) is 4.79 Å². The Labute approximate surface area is 125 Å². The van der Waals surface area contributed by atoms with Crippen LogP contribution in [0.3, 0.4) is 0 Å². The predicted octanol–water partition coefficient (Wildman–Crippen LogP) is 2.52. The number of amides is 1. The van der Waals surface area contributed by atoms with Crippen LogP contribution in [0.15, 0.2) is 18.2 Å². The van der Waals surface area contributed by atoms with Crippen molar-refractivity contribution in [2.45, 2.75) is 45.7 Å². The highest BCUT2D eigenvalue weighted by Crippen LogP contribution is 2.27. The number of ether oxygens (including phenoxy) is 1. The van der Waals surface area contributed by atoms with E-state index < -0.39 is 0 Å². The highest BCUT2D eigenvalue weighted by Gasteiger charge is 2.13. The van der Waals surface area contributed by atoms with Gasteiger partial charge in [-0.15, -0.1) is 0 Å². The quantitative estimate of drug-likeness (QED) is 0.813. The highest BCUT2D eigenvalue weighted by molar-refractivity contribution is 6.31. The molecule has 0 aliphatic rings. The Morgan fingerprint density at radius 2 is 2.15 bits per heavy atom. The molecule has 0 aromatic heterocycles. The maximum Gasteiger partial charge on any atom is 0.258 e. The smallest absolute Gasteiger partial charge is 0.258 e. The molecule has 20 heavy (non-hydrogen) atoms. The Balaban J connectivity index is 2.74. The van der Waals surface area contributed by atoms with Crippen LogP contribution < -0.4 is 15.8 Å². The van der Waals surface area contributed by atoms with Crippen molar-refractivity contribution in [3.63, 3.8) is 0 Å². The van der Waals surface area contributed by atoms with Gasteiger partial charge in [-0.2, -0.15) is 0 Å². The molecular formula is C15H23ClN2O2. The number of benzene rings is 1. The van der Waals surface area contributed by atoms with Gasteiger partial charge in [0.05, 0.1) is 0 Å². The Morgan fingerprint density at radius 3 is 2.75 bits per heavy atom. The molecule has 1 amide bonds. The second-order valence-corrected chi connectivity index (χ2v) is 5.51. The third kappa shape index (κ3) is 5.39. The summed E-state index contributed by atoms with van der Waals surface area (Å²) in [5, 5.41) is 3.40. The zero-order valence-corrected chi connectivity index (χ0v) is 13.0. The first-order valence-electron chi connectivity index (χ1n) is 6.89. The van der Waals surface area contributed by atoms with Crippen LogP contribution in [0.4, 0.5) is 0 Å². The van der Waals surface area contributed by atoms with Gasteiger partial charge in [0.15, 0.2) is 6.61 Å². The molecule has 0 bridgehead atoms. The summed E-state index contributed by atoms with van der Waals surface area (Å²) < 4.78 is 5.57. The largest absolute Gasteiger partial charge is 0.483 e. The van der Waals surface area contributed by atoms with Crippen LogP contribution in [0.1, 0.15) is 32.8 Å². The minimum Gasteiger partial charge on any atom is -0.483 e. The molecule has 0 saturated carbocycles. The van der Waals surface area contributed by atoms with Crippen LogP contribution in [0.2, 0.25) is 5.02 Å². The number of nitrogens with two attached hydrogens (primary N) is 1. The fourth-order valence-corrected chi connectivity index (χ4v) is 2.03. The molecule has 0 heterocycles. The number of nitrogens with one attached hydrogen (secondary N) is 1. The molecular weight excluding hydrogens is 276 g/mol. The van der Waals surface area contributed by atoms with Crippen LogP contribution in [-0.4, -0.2) is 24.6 Å². The third-order valence-electron chi connectivity index (χ3n) is 2.87. The molecule has 0 aliphatic carbocycles. The molecule has 3 N–H and O–H groups in total. The van der Waals surface area contributed by atoms with E-state index in [1.807, 2.05) is 26.8 Å². The normalized spacial score (nSPS) is 12.3. The number of rotatable bonds is 7. The summed E-state index contributed by atoms with van der Waals surface area (Å²) in [5.41, 5.74) is 6.83. The van der Waals surface area contributed by atoms with E-state index >= 15 is 0 Å². The number of halogens is 1. The lowest BCUT2D eigenvalue weighted by atomic mass is 10.0. The van der Waals surface area contributed by atoms with E-state index in [0.29, 0.717) is 17.2 Å². The van der Waals surface area contributed by atoms with Gasteiger partial charge >= 0.3 is 0 Å². The molecule has 1 aromatic rings. The minimum atomic E-state index is -0.147. The molecule has 0 saturated heterocycles. The molecule has 5 heteroatoms. The molecule has 0 spiro atoms. The number of carbonyl (C=O) groups is 1. The first kappa shape index (κ1) is 16.8. The van der Waals surface area contributed by atoms with Crippen LogP contribution >= 0.6 is 11.6 Å². The molecule has 112 valence electrons. The van der Waals surface area contributed by atoms with Crippen molar-refractivity contribution in [1.29, 1.82) is 0 Å². The number of hydrogen-bond acceptors (Lipinski definition) is 3. The summed E-state index contributed by atoms with van der Waals surface area (Å²) in [6.07, 6.45) is 1.50. The molecule has 1 unspecified atom stereocenters. The topological polar surface area (TPSA) is 64.3 Å². The average Bonchev–Trinajstić information content (AvgIpc) is 2.38. The molecule has 4 nitrogen and oxygen atoms in total.